The van der Waals surface area contributed by atoms with Gasteiger partial charge in [0.2, 0.25) is 4.90 Å². The van der Waals surface area contributed by atoms with E-state index in [-0.39, 0.29) is 12.1 Å². The Labute approximate surface area is 148 Å². The van der Waals surface area contributed by atoms with E-state index < -0.39 is 11.2 Å². The quantitative estimate of drug-likeness (QED) is 0.816. The fourth-order valence-electron chi connectivity index (χ4n) is 3.19. The highest BCUT2D eigenvalue weighted by Gasteiger charge is 2.40. The number of fused-ring (bicyclic) bond motifs is 1. The average Bonchev–Trinajstić information content (AvgIpc) is 2.93. The summed E-state index contributed by atoms with van der Waals surface area (Å²) in [4.78, 5) is 9.96. The van der Waals surface area contributed by atoms with Crippen molar-refractivity contribution in [1.82, 2.24) is 9.97 Å². The predicted octanol–water partition coefficient (Wildman–Crippen LogP) is 2.79. The maximum atomic E-state index is 12.4. The largest absolute Gasteiger partial charge is 0.611 e. The van der Waals surface area contributed by atoms with Crippen molar-refractivity contribution in [2.24, 2.45) is 0 Å². The standard InChI is InChI=1S/C17H18ClN3O2S/c18-12-4-2-11(3-5-12)15-19-13-6-9-24(23)14(13)16(20-15)21-17(10-22)7-1-8-17/h2-5,22H,1,6-10H2,(H,19,20,21)/t24-/m1/s1. The molecule has 24 heavy (non-hydrogen) atoms. The van der Waals surface area contributed by atoms with Crippen LogP contribution in [0.5, 0.6) is 0 Å². The number of nitrogens with zero attached hydrogens (tertiary/aromatic N) is 2. The molecule has 0 spiro atoms. The number of aliphatic hydroxyl groups is 1. The van der Waals surface area contributed by atoms with Gasteiger partial charge in [0.25, 0.3) is 0 Å². The lowest BCUT2D eigenvalue weighted by molar-refractivity contribution is 0.143. The van der Waals surface area contributed by atoms with E-state index in [0.29, 0.717) is 33.7 Å². The Morgan fingerprint density at radius 3 is 2.62 bits per heavy atom. The van der Waals surface area contributed by atoms with Gasteiger partial charge in [-0.15, -0.1) is 0 Å². The van der Waals surface area contributed by atoms with Crippen LogP contribution in [-0.2, 0) is 17.6 Å². The van der Waals surface area contributed by atoms with Crippen LogP contribution in [0.25, 0.3) is 11.4 Å². The molecule has 2 N–H and O–H groups in total. The lowest BCUT2D eigenvalue weighted by Crippen LogP contribution is -2.48. The van der Waals surface area contributed by atoms with E-state index in [1.54, 1.807) is 12.1 Å². The Kier molecular flexibility index (Phi) is 4.16. The number of rotatable bonds is 4. The van der Waals surface area contributed by atoms with Gasteiger partial charge in [0.05, 0.1) is 12.1 Å². The second-order valence-electron chi connectivity index (χ2n) is 6.40. The first-order valence-corrected chi connectivity index (χ1v) is 9.74. The first kappa shape index (κ1) is 16.1. The van der Waals surface area contributed by atoms with E-state index in [1.165, 1.54) is 0 Å². The Hall–Kier alpha value is -1.34. The van der Waals surface area contributed by atoms with Gasteiger partial charge < -0.3 is 15.0 Å². The highest BCUT2D eigenvalue weighted by molar-refractivity contribution is 7.91. The summed E-state index contributed by atoms with van der Waals surface area (Å²) in [6.45, 7) is 0.0503. The van der Waals surface area contributed by atoms with Crippen molar-refractivity contribution >= 4 is 28.6 Å². The molecule has 1 fully saturated rings. The van der Waals surface area contributed by atoms with Gasteiger partial charge in [-0.2, -0.15) is 0 Å². The first-order valence-electron chi connectivity index (χ1n) is 8.04. The van der Waals surface area contributed by atoms with Crippen LogP contribution in [0.15, 0.2) is 29.2 Å². The molecule has 0 saturated heterocycles. The van der Waals surface area contributed by atoms with Crippen molar-refractivity contribution in [3.63, 3.8) is 0 Å². The van der Waals surface area contributed by atoms with Crippen molar-refractivity contribution < 1.29 is 9.66 Å². The summed E-state index contributed by atoms with van der Waals surface area (Å²) in [7, 11) is 0. The number of aliphatic hydroxyl groups excluding tert-OH is 1. The highest BCUT2D eigenvalue weighted by atomic mass is 35.5. The molecule has 1 atom stereocenters. The molecule has 1 saturated carbocycles. The van der Waals surface area contributed by atoms with E-state index in [2.05, 4.69) is 15.3 Å². The number of aromatic nitrogens is 2. The van der Waals surface area contributed by atoms with E-state index in [9.17, 15) is 9.66 Å². The summed E-state index contributed by atoms with van der Waals surface area (Å²) < 4.78 is 12.4. The van der Waals surface area contributed by atoms with E-state index in [4.69, 9.17) is 11.6 Å². The Morgan fingerprint density at radius 2 is 2.00 bits per heavy atom. The van der Waals surface area contributed by atoms with E-state index in [0.717, 1.165) is 30.5 Å². The molecule has 1 aliphatic carbocycles. The average molecular weight is 364 g/mol. The topological polar surface area (TPSA) is 81.1 Å². The Bertz CT molecular complexity index is 760. The van der Waals surface area contributed by atoms with Crippen LogP contribution in [0.1, 0.15) is 25.0 Å². The number of halogens is 1. The van der Waals surface area contributed by atoms with Gasteiger partial charge in [-0.05, 0) is 54.7 Å². The van der Waals surface area contributed by atoms with Gasteiger partial charge in [0, 0.05) is 17.0 Å². The molecule has 4 rings (SSSR count). The monoisotopic (exact) mass is 363 g/mol. The van der Waals surface area contributed by atoms with Crippen LogP contribution >= 0.6 is 11.6 Å². The molecule has 2 aliphatic rings. The molecule has 0 unspecified atom stereocenters. The van der Waals surface area contributed by atoms with Crippen molar-refractivity contribution in [3.8, 4) is 11.4 Å². The smallest absolute Gasteiger partial charge is 0.216 e. The van der Waals surface area contributed by atoms with E-state index >= 15 is 0 Å². The minimum Gasteiger partial charge on any atom is -0.611 e. The molecule has 7 heteroatoms. The number of anilines is 1. The maximum absolute atomic E-state index is 12.4. The molecule has 1 aromatic carbocycles. The molecular weight excluding hydrogens is 346 g/mol. The van der Waals surface area contributed by atoms with Gasteiger partial charge in [-0.25, -0.2) is 9.97 Å². The fraction of sp³-hybridized carbons (Fsp3) is 0.412. The zero-order chi connectivity index (χ0) is 16.7. The van der Waals surface area contributed by atoms with Gasteiger partial charge in [0.15, 0.2) is 11.6 Å². The fourth-order valence-corrected chi connectivity index (χ4v) is 4.62. The Balaban J connectivity index is 1.77. The third-order valence-electron chi connectivity index (χ3n) is 4.79. The summed E-state index contributed by atoms with van der Waals surface area (Å²) in [6, 6.07) is 7.37. The minimum atomic E-state index is -1.08. The molecule has 0 radical (unpaired) electrons. The van der Waals surface area contributed by atoms with Crippen LogP contribution in [0.2, 0.25) is 5.02 Å². The number of hydrogen-bond donors (Lipinski definition) is 2. The molecular formula is C17H18ClN3O2S. The van der Waals surface area contributed by atoms with Crippen molar-refractivity contribution in [1.29, 1.82) is 0 Å². The lowest BCUT2D eigenvalue weighted by Gasteiger charge is -2.41. The molecule has 1 aromatic heterocycles. The van der Waals surface area contributed by atoms with Gasteiger partial charge >= 0.3 is 0 Å². The summed E-state index contributed by atoms with van der Waals surface area (Å²) in [5.74, 6) is 1.78. The van der Waals surface area contributed by atoms with Crippen LogP contribution in [0.3, 0.4) is 0 Å². The van der Waals surface area contributed by atoms with Gasteiger partial charge in [-0.1, -0.05) is 11.6 Å². The summed E-state index contributed by atoms with van der Waals surface area (Å²) >= 11 is 4.87. The van der Waals surface area contributed by atoms with Crippen molar-refractivity contribution in [2.45, 2.75) is 36.1 Å². The second-order valence-corrected chi connectivity index (χ2v) is 8.34. The molecule has 2 heterocycles. The summed E-state index contributed by atoms with van der Waals surface area (Å²) in [5.41, 5.74) is 1.37. The molecule has 126 valence electrons. The Morgan fingerprint density at radius 1 is 1.25 bits per heavy atom. The van der Waals surface area contributed by atoms with Crippen LogP contribution in [0, 0.1) is 0 Å². The third-order valence-corrected chi connectivity index (χ3v) is 6.50. The number of hydrogen-bond acceptors (Lipinski definition) is 5. The van der Waals surface area contributed by atoms with E-state index in [1.807, 2.05) is 12.1 Å². The number of nitrogens with one attached hydrogen (secondary N) is 1. The van der Waals surface area contributed by atoms with Gasteiger partial charge in [0.1, 0.15) is 11.4 Å². The first-order chi connectivity index (χ1) is 11.6. The maximum Gasteiger partial charge on any atom is 0.216 e. The molecule has 1 aliphatic heterocycles. The molecule has 0 bridgehead atoms. The predicted molar refractivity (Wildman–Crippen MR) is 94.7 cm³/mol. The van der Waals surface area contributed by atoms with Crippen molar-refractivity contribution in [3.05, 3.63) is 35.0 Å². The third kappa shape index (κ3) is 2.77. The SMILES string of the molecule is [O-][S@+]1CCc2nc(-c3ccc(Cl)cc3)nc(NC3(CO)CCC3)c21. The molecule has 5 nitrogen and oxygen atoms in total. The summed E-state index contributed by atoms with van der Waals surface area (Å²) in [5, 5.41) is 13.8. The minimum absolute atomic E-state index is 0.0503. The van der Waals surface area contributed by atoms with Crippen LogP contribution in [0.4, 0.5) is 5.82 Å². The zero-order valence-electron chi connectivity index (χ0n) is 13.1. The molecule has 2 aromatic rings. The number of benzene rings is 1. The number of aryl methyl sites for hydroxylation is 1. The zero-order valence-corrected chi connectivity index (χ0v) is 14.7. The normalized spacial score (nSPS) is 21.2. The van der Waals surface area contributed by atoms with Crippen LogP contribution < -0.4 is 5.32 Å². The molecule has 0 amide bonds. The van der Waals surface area contributed by atoms with Crippen LogP contribution in [-0.4, -0.2) is 37.5 Å². The van der Waals surface area contributed by atoms with Gasteiger partial charge in [-0.3, -0.25) is 0 Å². The second kappa shape index (κ2) is 6.19. The lowest BCUT2D eigenvalue weighted by atomic mass is 9.77. The highest BCUT2D eigenvalue weighted by Crippen LogP contribution is 2.39. The van der Waals surface area contributed by atoms with Crippen molar-refractivity contribution in [2.75, 3.05) is 17.7 Å². The summed E-state index contributed by atoms with van der Waals surface area (Å²) in [6.07, 6.45) is 3.55.